The highest BCUT2D eigenvalue weighted by molar-refractivity contribution is 9.09. The number of phenols is 1. The van der Waals surface area contributed by atoms with Crippen molar-refractivity contribution in [3.63, 3.8) is 0 Å². The van der Waals surface area contributed by atoms with Crippen molar-refractivity contribution in [1.82, 2.24) is 5.32 Å². The molecule has 0 saturated heterocycles. The Bertz CT molecular complexity index is 671. The zero-order chi connectivity index (χ0) is 14.8. The Morgan fingerprint density at radius 1 is 1.24 bits per heavy atom. The van der Waals surface area contributed by atoms with Crippen LogP contribution < -0.4 is 5.32 Å². The second kappa shape index (κ2) is 5.90. The molecule has 0 fully saturated rings. The largest absolute Gasteiger partial charge is 0.508 e. The van der Waals surface area contributed by atoms with Gasteiger partial charge in [-0.05, 0) is 35.2 Å². The van der Waals surface area contributed by atoms with E-state index in [1.54, 1.807) is 18.2 Å². The Labute approximate surface area is 132 Å². The first-order chi connectivity index (χ1) is 10.1. The Balaban J connectivity index is 1.70. The number of carbonyl (C=O) groups excluding carboxylic acids is 1. The third kappa shape index (κ3) is 3.10. The van der Waals surface area contributed by atoms with E-state index in [4.69, 9.17) is 0 Å². The summed E-state index contributed by atoms with van der Waals surface area (Å²) >= 11 is 3.66. The Morgan fingerprint density at radius 3 is 2.86 bits per heavy atom. The van der Waals surface area contributed by atoms with Crippen LogP contribution >= 0.6 is 15.9 Å². The van der Waals surface area contributed by atoms with E-state index in [9.17, 15) is 9.90 Å². The molecule has 2 atom stereocenters. The number of amides is 1. The predicted octanol–water partition coefficient (Wildman–Crippen LogP) is 3.11. The number of hydrogen-bond acceptors (Lipinski definition) is 2. The smallest absolute Gasteiger partial charge is 0.224 e. The molecule has 0 saturated carbocycles. The van der Waals surface area contributed by atoms with Gasteiger partial charge in [0.05, 0.1) is 12.5 Å². The zero-order valence-corrected chi connectivity index (χ0v) is 13.0. The number of nitrogens with one attached hydrogen (secondary N) is 1. The normalized spacial score (nSPS) is 20.0. The van der Waals surface area contributed by atoms with Crippen LogP contribution in [-0.2, 0) is 17.6 Å². The van der Waals surface area contributed by atoms with Crippen LogP contribution in [0.5, 0.6) is 5.75 Å². The molecule has 2 aromatic rings. The molecule has 1 aliphatic carbocycles. The molecule has 0 spiro atoms. The second-order valence-electron chi connectivity index (χ2n) is 5.31. The maximum atomic E-state index is 12.2. The summed E-state index contributed by atoms with van der Waals surface area (Å²) in [5, 5.41) is 12.5. The van der Waals surface area contributed by atoms with Crippen molar-refractivity contribution in [3.8, 4) is 5.75 Å². The number of rotatable bonds is 3. The van der Waals surface area contributed by atoms with Gasteiger partial charge in [0.15, 0.2) is 0 Å². The average molecular weight is 346 g/mol. The molecule has 2 unspecified atom stereocenters. The number of hydrogen-bond donors (Lipinski definition) is 2. The topological polar surface area (TPSA) is 49.3 Å². The van der Waals surface area contributed by atoms with Crippen molar-refractivity contribution in [1.29, 1.82) is 0 Å². The maximum Gasteiger partial charge on any atom is 0.224 e. The first kappa shape index (κ1) is 14.1. The first-order valence-corrected chi connectivity index (χ1v) is 7.84. The SMILES string of the molecule is O=C(Cc1cccc(O)c1)NC1c2ccccc2CC1Br. The van der Waals surface area contributed by atoms with Crippen molar-refractivity contribution >= 4 is 21.8 Å². The van der Waals surface area contributed by atoms with Crippen molar-refractivity contribution in [3.05, 3.63) is 65.2 Å². The van der Waals surface area contributed by atoms with Crippen LogP contribution in [0.25, 0.3) is 0 Å². The van der Waals surface area contributed by atoms with Gasteiger partial charge in [-0.3, -0.25) is 4.79 Å². The van der Waals surface area contributed by atoms with E-state index in [0.717, 1.165) is 12.0 Å². The van der Waals surface area contributed by atoms with E-state index in [1.807, 2.05) is 18.2 Å². The molecule has 0 bridgehead atoms. The maximum absolute atomic E-state index is 12.2. The number of alkyl halides is 1. The molecule has 2 N–H and O–H groups in total. The fraction of sp³-hybridized carbons (Fsp3) is 0.235. The van der Waals surface area contributed by atoms with Gasteiger partial charge in [0.2, 0.25) is 5.91 Å². The third-order valence-corrected chi connectivity index (χ3v) is 4.61. The fourth-order valence-corrected chi connectivity index (χ4v) is 3.56. The summed E-state index contributed by atoms with van der Waals surface area (Å²) in [6.45, 7) is 0. The van der Waals surface area contributed by atoms with Crippen molar-refractivity contribution < 1.29 is 9.90 Å². The van der Waals surface area contributed by atoms with Crippen LogP contribution in [0.2, 0.25) is 0 Å². The fourth-order valence-electron chi connectivity index (χ4n) is 2.79. The molecule has 3 rings (SSSR count). The summed E-state index contributed by atoms with van der Waals surface area (Å²) in [6, 6.07) is 15.0. The van der Waals surface area contributed by atoms with Gasteiger partial charge in [0.1, 0.15) is 5.75 Å². The summed E-state index contributed by atoms with van der Waals surface area (Å²) in [7, 11) is 0. The molecule has 0 heterocycles. The predicted molar refractivity (Wildman–Crippen MR) is 85.6 cm³/mol. The lowest BCUT2D eigenvalue weighted by molar-refractivity contribution is -0.121. The molecule has 21 heavy (non-hydrogen) atoms. The van der Waals surface area contributed by atoms with Gasteiger partial charge in [-0.15, -0.1) is 0 Å². The number of benzene rings is 2. The van der Waals surface area contributed by atoms with E-state index >= 15 is 0 Å². The summed E-state index contributed by atoms with van der Waals surface area (Å²) in [5.41, 5.74) is 3.27. The minimum absolute atomic E-state index is 0.00556. The first-order valence-electron chi connectivity index (χ1n) is 6.92. The highest BCUT2D eigenvalue weighted by atomic mass is 79.9. The molecule has 1 amide bonds. The Kier molecular flexibility index (Phi) is 3.97. The summed E-state index contributed by atoms with van der Waals surface area (Å²) in [5.74, 6) is 0.150. The number of fused-ring (bicyclic) bond motifs is 1. The molecule has 0 radical (unpaired) electrons. The minimum atomic E-state index is -0.0354. The van der Waals surface area contributed by atoms with Gasteiger partial charge in [-0.25, -0.2) is 0 Å². The second-order valence-corrected chi connectivity index (χ2v) is 6.49. The average Bonchev–Trinajstić information content (AvgIpc) is 2.75. The van der Waals surface area contributed by atoms with Gasteiger partial charge in [0, 0.05) is 4.83 Å². The standard InChI is InChI=1S/C17H16BrNO2/c18-15-10-12-5-1-2-7-14(12)17(15)19-16(21)9-11-4-3-6-13(20)8-11/h1-8,15,17,20H,9-10H2,(H,19,21). The van der Waals surface area contributed by atoms with Gasteiger partial charge in [-0.2, -0.15) is 0 Å². The van der Waals surface area contributed by atoms with Crippen molar-refractivity contribution in [2.75, 3.05) is 0 Å². The zero-order valence-electron chi connectivity index (χ0n) is 11.4. The molecule has 0 aliphatic heterocycles. The van der Waals surface area contributed by atoms with Gasteiger partial charge in [-0.1, -0.05) is 52.3 Å². The molecule has 0 aromatic heterocycles. The van der Waals surface area contributed by atoms with Crippen LogP contribution in [0.1, 0.15) is 22.7 Å². The van der Waals surface area contributed by atoms with E-state index < -0.39 is 0 Å². The lowest BCUT2D eigenvalue weighted by Gasteiger charge is -2.17. The summed E-state index contributed by atoms with van der Waals surface area (Å²) in [6.07, 6.45) is 1.19. The van der Waals surface area contributed by atoms with Gasteiger partial charge >= 0.3 is 0 Å². The van der Waals surface area contributed by atoms with Crippen molar-refractivity contribution in [2.45, 2.75) is 23.7 Å². The van der Waals surface area contributed by atoms with E-state index in [1.165, 1.54) is 11.1 Å². The Hall–Kier alpha value is -1.81. The van der Waals surface area contributed by atoms with E-state index in [-0.39, 0.29) is 28.9 Å². The monoisotopic (exact) mass is 345 g/mol. The molecule has 108 valence electrons. The number of carbonyl (C=O) groups is 1. The van der Waals surface area contributed by atoms with Crippen LogP contribution in [-0.4, -0.2) is 15.8 Å². The van der Waals surface area contributed by atoms with E-state index in [2.05, 4.69) is 33.4 Å². The number of halogens is 1. The molecule has 2 aromatic carbocycles. The quantitative estimate of drug-likeness (QED) is 0.839. The third-order valence-electron chi connectivity index (χ3n) is 3.76. The van der Waals surface area contributed by atoms with Crippen LogP contribution in [0.3, 0.4) is 0 Å². The molecule has 3 nitrogen and oxygen atoms in total. The van der Waals surface area contributed by atoms with E-state index in [0.29, 0.717) is 0 Å². The summed E-state index contributed by atoms with van der Waals surface area (Å²) in [4.78, 5) is 12.4. The minimum Gasteiger partial charge on any atom is -0.508 e. The van der Waals surface area contributed by atoms with Crippen molar-refractivity contribution in [2.24, 2.45) is 0 Å². The molecular formula is C17H16BrNO2. The van der Waals surface area contributed by atoms with Crippen LogP contribution in [0, 0.1) is 0 Å². The van der Waals surface area contributed by atoms with Crippen LogP contribution in [0.4, 0.5) is 0 Å². The Morgan fingerprint density at radius 2 is 2.05 bits per heavy atom. The summed E-state index contributed by atoms with van der Waals surface area (Å²) < 4.78 is 0. The number of aromatic hydroxyl groups is 1. The van der Waals surface area contributed by atoms with Gasteiger partial charge in [0.25, 0.3) is 0 Å². The lowest BCUT2D eigenvalue weighted by atomic mass is 10.1. The molecular weight excluding hydrogens is 330 g/mol. The highest BCUT2D eigenvalue weighted by Gasteiger charge is 2.31. The number of phenolic OH excluding ortho intramolecular Hbond substituents is 1. The molecule has 1 aliphatic rings. The molecule has 4 heteroatoms. The van der Waals surface area contributed by atoms with Gasteiger partial charge < -0.3 is 10.4 Å². The lowest BCUT2D eigenvalue weighted by Crippen LogP contribution is -2.32. The highest BCUT2D eigenvalue weighted by Crippen LogP contribution is 2.35. The van der Waals surface area contributed by atoms with Crippen LogP contribution in [0.15, 0.2) is 48.5 Å².